The Bertz CT molecular complexity index is 1060. The van der Waals surface area contributed by atoms with Crippen LogP contribution in [0.1, 0.15) is 25.0 Å². The quantitative estimate of drug-likeness (QED) is 0.226. The summed E-state index contributed by atoms with van der Waals surface area (Å²) in [5, 5.41) is 8.90. The summed E-state index contributed by atoms with van der Waals surface area (Å²) in [7, 11) is -2.02. The summed E-state index contributed by atoms with van der Waals surface area (Å²) < 4.78 is 0. The number of rotatable bonds is 7. The number of benzene rings is 4. The Labute approximate surface area is 192 Å². The molecule has 4 aromatic carbocycles. The number of hydrogen-bond acceptors (Lipinski definition) is 2. The second-order valence-electron chi connectivity index (χ2n) is 8.10. The molecule has 2 nitrogen and oxygen atoms in total. The summed E-state index contributed by atoms with van der Waals surface area (Å²) in [6.07, 6.45) is 0. The van der Waals surface area contributed by atoms with Crippen LogP contribution < -0.4 is 21.3 Å². The van der Waals surface area contributed by atoms with Crippen molar-refractivity contribution in [2.24, 2.45) is 5.10 Å². The monoisotopic (exact) mass is 437 g/mol. The second-order valence-corrected chi connectivity index (χ2v) is 11.9. The molecule has 0 amide bonds. The van der Waals surface area contributed by atoms with Crippen molar-refractivity contribution in [2.45, 2.75) is 26.6 Å². The Morgan fingerprint density at radius 1 is 0.656 bits per heavy atom. The summed E-state index contributed by atoms with van der Waals surface area (Å²) in [6, 6.07) is 41.3. The summed E-state index contributed by atoms with van der Waals surface area (Å²) in [6.45, 7) is 6.44. The summed E-state index contributed by atoms with van der Waals surface area (Å²) in [5.74, 6) is 0.107. The van der Waals surface area contributed by atoms with Crippen LogP contribution in [0.15, 0.2) is 120 Å². The van der Waals surface area contributed by atoms with Crippen molar-refractivity contribution in [3.63, 3.8) is 0 Å². The molecule has 3 heteroatoms. The largest absolute Gasteiger partial charge is 0.272 e. The standard InChI is InChI=1S/C29H30N2P/c1-23-19-21-26(22-20-23)24(2)30-31-25(3)32(27-13-7-4-8-14-27,28-15-9-5-10-16-28)29-17-11-6-12-18-29/h4-22,25,31H,1-3H3/q+1. The molecule has 1 atom stereocenters. The summed E-state index contributed by atoms with van der Waals surface area (Å²) >= 11 is 0. The van der Waals surface area contributed by atoms with Gasteiger partial charge in [0.1, 0.15) is 23.2 Å². The third kappa shape index (κ3) is 4.38. The minimum atomic E-state index is -2.02. The molecule has 0 saturated heterocycles. The minimum Gasteiger partial charge on any atom is -0.272 e. The van der Waals surface area contributed by atoms with E-state index in [4.69, 9.17) is 5.10 Å². The zero-order chi connectivity index (χ0) is 22.4. The van der Waals surface area contributed by atoms with E-state index in [0.29, 0.717) is 0 Å². The van der Waals surface area contributed by atoms with Crippen LogP contribution >= 0.6 is 7.26 Å². The topological polar surface area (TPSA) is 24.4 Å². The molecule has 0 bridgehead atoms. The first-order valence-electron chi connectivity index (χ1n) is 11.0. The van der Waals surface area contributed by atoms with Gasteiger partial charge in [0.05, 0.1) is 5.71 Å². The first-order chi connectivity index (χ1) is 15.6. The fraction of sp³-hybridized carbons (Fsp3) is 0.138. The van der Waals surface area contributed by atoms with E-state index in [2.05, 4.69) is 141 Å². The normalized spacial score (nSPS) is 12.9. The van der Waals surface area contributed by atoms with Gasteiger partial charge in [-0.25, -0.2) is 0 Å². The lowest BCUT2D eigenvalue weighted by molar-refractivity contribution is 0.726. The Balaban J connectivity index is 1.83. The maximum atomic E-state index is 4.86. The SMILES string of the molecule is CC(=NNC(C)[P+](c1ccccc1)(c1ccccc1)c1ccccc1)c1ccc(C)cc1. The van der Waals surface area contributed by atoms with Gasteiger partial charge in [0.25, 0.3) is 0 Å². The van der Waals surface area contributed by atoms with Crippen LogP contribution in [0.3, 0.4) is 0 Å². The van der Waals surface area contributed by atoms with E-state index in [0.717, 1.165) is 11.3 Å². The molecule has 4 aromatic rings. The summed E-state index contributed by atoms with van der Waals surface area (Å²) in [5.41, 5.74) is 6.95. The molecule has 160 valence electrons. The molecule has 0 heterocycles. The van der Waals surface area contributed by atoms with Gasteiger partial charge in [0.2, 0.25) is 0 Å². The van der Waals surface area contributed by atoms with Gasteiger partial charge in [-0.05, 0) is 62.7 Å². The third-order valence-electron chi connectivity index (χ3n) is 5.96. The van der Waals surface area contributed by atoms with Gasteiger partial charge in [-0.2, -0.15) is 5.10 Å². The Kier molecular flexibility index (Phi) is 6.83. The smallest absolute Gasteiger partial charge is 0.164 e. The fourth-order valence-electron chi connectivity index (χ4n) is 4.24. The minimum absolute atomic E-state index is 0.107. The van der Waals surface area contributed by atoms with Gasteiger partial charge in [0, 0.05) is 0 Å². The molecule has 0 aliphatic heterocycles. The van der Waals surface area contributed by atoms with Crippen molar-refractivity contribution in [2.75, 3.05) is 0 Å². The molecule has 0 fully saturated rings. The van der Waals surface area contributed by atoms with Gasteiger partial charge in [0.15, 0.2) is 5.78 Å². The lowest BCUT2D eigenvalue weighted by Crippen LogP contribution is -2.42. The molecule has 0 aliphatic carbocycles. The van der Waals surface area contributed by atoms with E-state index >= 15 is 0 Å². The van der Waals surface area contributed by atoms with Gasteiger partial charge in [-0.3, -0.25) is 5.43 Å². The zero-order valence-corrected chi connectivity index (χ0v) is 19.8. The Morgan fingerprint density at radius 3 is 1.47 bits per heavy atom. The van der Waals surface area contributed by atoms with Crippen molar-refractivity contribution in [1.82, 2.24) is 5.43 Å². The highest BCUT2D eigenvalue weighted by molar-refractivity contribution is 7.96. The fourth-order valence-corrected chi connectivity index (χ4v) is 8.64. The van der Waals surface area contributed by atoms with Crippen LogP contribution in [0.5, 0.6) is 0 Å². The maximum absolute atomic E-state index is 4.86. The Hall–Kier alpha value is -3.22. The first-order valence-corrected chi connectivity index (χ1v) is 12.9. The number of hydrogen-bond donors (Lipinski definition) is 1. The zero-order valence-electron chi connectivity index (χ0n) is 18.9. The van der Waals surface area contributed by atoms with Crippen molar-refractivity contribution in [3.05, 3.63) is 126 Å². The van der Waals surface area contributed by atoms with Crippen molar-refractivity contribution in [1.29, 1.82) is 0 Å². The van der Waals surface area contributed by atoms with Crippen LogP contribution in [0.2, 0.25) is 0 Å². The Morgan fingerprint density at radius 2 is 1.06 bits per heavy atom. The number of nitrogens with zero attached hydrogens (tertiary/aromatic N) is 1. The predicted molar refractivity (Wildman–Crippen MR) is 141 cm³/mol. The van der Waals surface area contributed by atoms with Crippen LogP contribution in [0.25, 0.3) is 0 Å². The molecule has 1 N–H and O–H groups in total. The molecular formula is C29H30N2P+. The van der Waals surface area contributed by atoms with Gasteiger partial charge in [-0.15, -0.1) is 0 Å². The van der Waals surface area contributed by atoms with Gasteiger partial charge >= 0.3 is 0 Å². The van der Waals surface area contributed by atoms with E-state index in [1.807, 2.05) is 0 Å². The summed E-state index contributed by atoms with van der Waals surface area (Å²) in [4.78, 5) is 0. The van der Waals surface area contributed by atoms with E-state index in [-0.39, 0.29) is 5.78 Å². The van der Waals surface area contributed by atoms with Crippen molar-refractivity contribution in [3.8, 4) is 0 Å². The van der Waals surface area contributed by atoms with E-state index in [1.54, 1.807) is 0 Å². The lowest BCUT2D eigenvalue weighted by atomic mass is 10.1. The maximum Gasteiger partial charge on any atom is 0.164 e. The molecule has 1 unspecified atom stereocenters. The third-order valence-corrected chi connectivity index (χ3v) is 10.6. The van der Waals surface area contributed by atoms with Crippen LogP contribution in [0, 0.1) is 6.92 Å². The highest BCUT2D eigenvalue weighted by Gasteiger charge is 2.50. The molecule has 0 aromatic heterocycles. The average Bonchev–Trinajstić information content (AvgIpc) is 2.85. The highest BCUT2D eigenvalue weighted by atomic mass is 31.2. The van der Waals surface area contributed by atoms with Crippen molar-refractivity contribution >= 4 is 28.9 Å². The highest BCUT2D eigenvalue weighted by Crippen LogP contribution is 2.58. The van der Waals surface area contributed by atoms with E-state index < -0.39 is 7.26 Å². The number of nitrogens with one attached hydrogen (secondary N) is 1. The van der Waals surface area contributed by atoms with E-state index in [1.165, 1.54) is 21.5 Å². The molecule has 0 aliphatic rings. The molecule has 32 heavy (non-hydrogen) atoms. The lowest BCUT2D eigenvalue weighted by Gasteiger charge is -2.32. The average molecular weight is 438 g/mol. The first kappa shape index (κ1) is 22.0. The van der Waals surface area contributed by atoms with Crippen LogP contribution in [0.4, 0.5) is 0 Å². The number of aryl methyl sites for hydroxylation is 1. The number of hydrazone groups is 1. The molecule has 4 rings (SSSR count). The molecular weight excluding hydrogens is 407 g/mol. The van der Waals surface area contributed by atoms with Gasteiger partial charge < -0.3 is 0 Å². The second kappa shape index (κ2) is 9.94. The van der Waals surface area contributed by atoms with Crippen LogP contribution in [-0.4, -0.2) is 11.5 Å². The van der Waals surface area contributed by atoms with Crippen LogP contribution in [-0.2, 0) is 0 Å². The molecule has 0 spiro atoms. The van der Waals surface area contributed by atoms with Gasteiger partial charge in [-0.1, -0.05) is 84.4 Å². The molecule has 0 radical (unpaired) electrons. The van der Waals surface area contributed by atoms with E-state index in [9.17, 15) is 0 Å². The predicted octanol–water partition coefficient (Wildman–Crippen LogP) is 5.65. The van der Waals surface area contributed by atoms with Crippen molar-refractivity contribution < 1.29 is 0 Å². The molecule has 0 saturated carbocycles.